The Morgan fingerprint density at radius 3 is 2.46 bits per heavy atom. The lowest BCUT2D eigenvalue weighted by atomic mass is 9.64. The molecule has 0 radical (unpaired) electrons. The molecule has 1 aliphatic heterocycles. The third kappa shape index (κ3) is 5.02. The van der Waals surface area contributed by atoms with Crippen molar-refractivity contribution >= 4 is 23.8 Å². The molecule has 8 heteroatoms. The van der Waals surface area contributed by atoms with E-state index in [0.29, 0.717) is 12.8 Å². The molecule has 1 spiro atoms. The van der Waals surface area contributed by atoms with Gasteiger partial charge in [-0.15, -0.1) is 0 Å². The van der Waals surface area contributed by atoms with Crippen LogP contribution < -0.4 is 10.6 Å². The van der Waals surface area contributed by atoms with Crippen LogP contribution in [0.5, 0.6) is 0 Å². The monoisotopic (exact) mass is 395 g/mol. The van der Waals surface area contributed by atoms with Gasteiger partial charge in [0.05, 0.1) is 0 Å². The van der Waals surface area contributed by atoms with Gasteiger partial charge in [0.25, 0.3) is 11.8 Å². The highest BCUT2D eigenvalue weighted by Gasteiger charge is 2.56. The van der Waals surface area contributed by atoms with Gasteiger partial charge in [-0.25, -0.2) is 4.79 Å². The lowest BCUT2D eigenvalue weighted by molar-refractivity contribution is -0.151. The van der Waals surface area contributed by atoms with E-state index in [1.54, 1.807) is 0 Å². The van der Waals surface area contributed by atoms with E-state index < -0.39 is 36.6 Å². The van der Waals surface area contributed by atoms with Crippen molar-refractivity contribution in [2.75, 3.05) is 13.2 Å². The van der Waals surface area contributed by atoms with Crippen molar-refractivity contribution in [3.05, 3.63) is 0 Å². The molecule has 1 saturated heterocycles. The third-order valence-corrected chi connectivity index (χ3v) is 5.66. The summed E-state index contributed by atoms with van der Waals surface area (Å²) in [6.45, 7) is 11.1. The molecule has 0 aromatic carbocycles. The molecule has 158 valence electrons. The first kappa shape index (κ1) is 22.2. The van der Waals surface area contributed by atoms with Crippen LogP contribution in [0.4, 0.5) is 4.79 Å². The summed E-state index contributed by atoms with van der Waals surface area (Å²) in [7, 11) is 0. The quantitative estimate of drug-likeness (QED) is 0.527. The topological polar surface area (TPSA) is 105 Å². The van der Waals surface area contributed by atoms with Gasteiger partial charge in [-0.05, 0) is 43.4 Å². The van der Waals surface area contributed by atoms with Crippen LogP contribution in [0.2, 0.25) is 0 Å². The standard InChI is InChI=1S/C20H33N3O5/c1-12(2)14(4)21-15(24)10-28-16(25)9-23-17(26)20(22-18(23)27)8-13(3)7-19(5,6)11-20/h12-14H,7-11H2,1-6H3,(H,21,24)(H,22,27)/t13-,14-,20-/m0/s1. The van der Waals surface area contributed by atoms with Crippen LogP contribution in [-0.4, -0.2) is 53.4 Å². The van der Waals surface area contributed by atoms with Crippen molar-refractivity contribution in [2.45, 2.75) is 72.4 Å². The van der Waals surface area contributed by atoms with Crippen molar-refractivity contribution in [1.29, 1.82) is 0 Å². The molecule has 2 N–H and O–H groups in total. The molecular weight excluding hydrogens is 362 g/mol. The normalized spacial score (nSPS) is 27.7. The number of urea groups is 1. The van der Waals surface area contributed by atoms with Crippen molar-refractivity contribution in [3.8, 4) is 0 Å². The Bertz CT molecular complexity index is 660. The molecule has 0 aromatic heterocycles. The first-order valence-corrected chi connectivity index (χ1v) is 9.94. The zero-order valence-electron chi connectivity index (χ0n) is 17.8. The minimum Gasteiger partial charge on any atom is -0.454 e. The Kier molecular flexibility index (Phi) is 6.41. The van der Waals surface area contributed by atoms with Gasteiger partial charge < -0.3 is 15.4 Å². The zero-order valence-corrected chi connectivity index (χ0v) is 17.8. The Labute approximate surface area is 166 Å². The Hall–Kier alpha value is -2.12. The maximum absolute atomic E-state index is 13.0. The summed E-state index contributed by atoms with van der Waals surface area (Å²) in [6.07, 6.45) is 2.07. The number of amides is 4. The van der Waals surface area contributed by atoms with Gasteiger partial charge in [0.1, 0.15) is 12.1 Å². The fraction of sp³-hybridized carbons (Fsp3) is 0.800. The first-order chi connectivity index (χ1) is 12.8. The number of carbonyl (C=O) groups excluding carboxylic acids is 4. The predicted octanol–water partition coefficient (Wildman–Crippen LogP) is 1.83. The van der Waals surface area contributed by atoms with Crippen molar-refractivity contribution in [3.63, 3.8) is 0 Å². The average Bonchev–Trinajstić information content (AvgIpc) is 2.74. The molecular formula is C20H33N3O5. The highest BCUT2D eigenvalue weighted by molar-refractivity contribution is 6.08. The van der Waals surface area contributed by atoms with Gasteiger partial charge in [-0.3, -0.25) is 19.3 Å². The Morgan fingerprint density at radius 2 is 1.89 bits per heavy atom. The fourth-order valence-electron chi connectivity index (χ4n) is 4.43. The molecule has 3 atom stereocenters. The second-order valence-electron chi connectivity index (χ2n) is 9.52. The molecule has 2 rings (SSSR count). The molecule has 4 amide bonds. The maximum Gasteiger partial charge on any atom is 0.326 e. The van der Waals surface area contributed by atoms with E-state index in [2.05, 4.69) is 31.4 Å². The summed E-state index contributed by atoms with van der Waals surface area (Å²) >= 11 is 0. The van der Waals surface area contributed by atoms with Crippen molar-refractivity contribution in [2.24, 2.45) is 17.3 Å². The van der Waals surface area contributed by atoms with Crippen molar-refractivity contribution in [1.82, 2.24) is 15.5 Å². The van der Waals surface area contributed by atoms with Crippen LogP contribution in [0.15, 0.2) is 0 Å². The lowest BCUT2D eigenvalue weighted by Crippen LogP contribution is -2.54. The second kappa shape index (κ2) is 8.09. The van der Waals surface area contributed by atoms with Crippen LogP contribution in [-0.2, 0) is 19.1 Å². The van der Waals surface area contributed by atoms with Gasteiger partial charge in [0.2, 0.25) is 0 Å². The minimum absolute atomic E-state index is 0.0476. The first-order valence-electron chi connectivity index (χ1n) is 9.94. The van der Waals surface area contributed by atoms with Gasteiger partial charge in [0.15, 0.2) is 6.61 Å². The molecule has 28 heavy (non-hydrogen) atoms. The minimum atomic E-state index is -0.956. The Balaban J connectivity index is 1.94. The number of ether oxygens (including phenoxy) is 1. The van der Waals surface area contributed by atoms with E-state index in [1.807, 2.05) is 20.8 Å². The summed E-state index contributed by atoms with van der Waals surface area (Å²) in [6, 6.07) is -0.627. The molecule has 1 heterocycles. The number of nitrogens with zero attached hydrogens (tertiary/aromatic N) is 1. The van der Waals surface area contributed by atoms with Crippen LogP contribution >= 0.6 is 0 Å². The molecule has 0 unspecified atom stereocenters. The van der Waals surface area contributed by atoms with E-state index in [1.165, 1.54) is 0 Å². The number of hydrogen-bond donors (Lipinski definition) is 2. The average molecular weight is 396 g/mol. The van der Waals surface area contributed by atoms with Gasteiger partial charge in [-0.2, -0.15) is 0 Å². The number of hydrogen-bond acceptors (Lipinski definition) is 5. The van der Waals surface area contributed by atoms with E-state index in [0.717, 1.165) is 11.3 Å². The van der Waals surface area contributed by atoms with E-state index >= 15 is 0 Å². The summed E-state index contributed by atoms with van der Waals surface area (Å²) in [5, 5.41) is 5.54. The lowest BCUT2D eigenvalue weighted by Gasteiger charge is -2.43. The number of nitrogens with one attached hydrogen (secondary N) is 2. The number of esters is 1. The third-order valence-electron chi connectivity index (χ3n) is 5.66. The van der Waals surface area contributed by atoms with Crippen LogP contribution in [0.25, 0.3) is 0 Å². The number of carbonyl (C=O) groups is 4. The fourth-order valence-corrected chi connectivity index (χ4v) is 4.43. The SMILES string of the molecule is CC(C)[C@H](C)NC(=O)COC(=O)CN1C(=O)N[C@]2(C[C@@H](C)CC(C)(C)C2)C1=O. The van der Waals surface area contributed by atoms with E-state index in [9.17, 15) is 19.2 Å². The predicted molar refractivity (Wildman–Crippen MR) is 103 cm³/mol. The van der Waals surface area contributed by atoms with Crippen LogP contribution in [0.3, 0.4) is 0 Å². The maximum atomic E-state index is 13.0. The Morgan fingerprint density at radius 1 is 1.25 bits per heavy atom. The van der Waals surface area contributed by atoms with Gasteiger partial charge in [0, 0.05) is 6.04 Å². The molecule has 1 saturated carbocycles. The van der Waals surface area contributed by atoms with Crippen molar-refractivity contribution < 1.29 is 23.9 Å². The van der Waals surface area contributed by atoms with Crippen LogP contribution in [0.1, 0.15) is 60.8 Å². The largest absolute Gasteiger partial charge is 0.454 e. The van der Waals surface area contributed by atoms with Crippen LogP contribution in [0, 0.1) is 17.3 Å². The smallest absolute Gasteiger partial charge is 0.326 e. The molecule has 1 aliphatic carbocycles. The zero-order chi connectivity index (χ0) is 21.3. The number of imide groups is 1. The van der Waals surface area contributed by atoms with E-state index in [4.69, 9.17) is 4.74 Å². The molecule has 2 aliphatic rings. The highest BCUT2D eigenvalue weighted by Crippen LogP contribution is 2.46. The van der Waals surface area contributed by atoms with Gasteiger partial charge >= 0.3 is 12.0 Å². The molecule has 0 aromatic rings. The molecule has 2 fully saturated rings. The summed E-state index contributed by atoms with van der Waals surface area (Å²) in [4.78, 5) is 50.2. The summed E-state index contributed by atoms with van der Waals surface area (Å²) in [5.74, 6) is -1.04. The number of rotatable bonds is 6. The highest BCUT2D eigenvalue weighted by atomic mass is 16.5. The van der Waals surface area contributed by atoms with Gasteiger partial charge in [-0.1, -0.05) is 34.6 Å². The summed E-state index contributed by atoms with van der Waals surface area (Å²) in [5.41, 5.74) is -1.04. The second-order valence-corrected chi connectivity index (χ2v) is 9.52. The molecule has 0 bridgehead atoms. The summed E-state index contributed by atoms with van der Waals surface area (Å²) < 4.78 is 4.96. The molecule has 8 nitrogen and oxygen atoms in total. The van der Waals surface area contributed by atoms with E-state index in [-0.39, 0.29) is 29.2 Å².